The minimum atomic E-state index is 0.766. The van der Waals surface area contributed by atoms with Crippen LogP contribution in [-0.2, 0) is 0 Å². The molecule has 0 aliphatic carbocycles. The highest BCUT2D eigenvalue weighted by Crippen LogP contribution is 2.22. The first kappa shape index (κ1) is 9.15. The number of ether oxygens (including phenoxy) is 1. The van der Waals surface area contributed by atoms with Gasteiger partial charge in [-0.05, 0) is 6.42 Å². The van der Waals surface area contributed by atoms with Gasteiger partial charge >= 0.3 is 0 Å². The number of terminal acetylenes is 1. The minimum absolute atomic E-state index is 0.766. The van der Waals surface area contributed by atoms with E-state index in [2.05, 4.69) is 12.8 Å². The van der Waals surface area contributed by atoms with E-state index in [0.717, 1.165) is 30.8 Å². The van der Waals surface area contributed by atoms with Crippen LogP contribution in [0.3, 0.4) is 0 Å². The van der Waals surface area contributed by atoms with Crippen molar-refractivity contribution in [2.24, 2.45) is 0 Å². The van der Waals surface area contributed by atoms with Crippen molar-refractivity contribution in [2.45, 2.75) is 19.8 Å². The molecule has 0 atom stereocenters. The summed E-state index contributed by atoms with van der Waals surface area (Å²) in [4.78, 5) is 0. The van der Waals surface area contributed by atoms with Crippen LogP contribution in [0.25, 0.3) is 0 Å². The second-order valence-corrected chi connectivity index (χ2v) is 3.24. The average Bonchev–Trinajstić information content (AvgIpc) is 2.52. The van der Waals surface area contributed by atoms with E-state index in [-0.39, 0.29) is 0 Å². The lowest BCUT2D eigenvalue weighted by atomic mass is 10.3. The molecule has 2 heteroatoms. The van der Waals surface area contributed by atoms with E-state index in [0.29, 0.717) is 0 Å². The highest BCUT2D eigenvalue weighted by Gasteiger charge is 2.00. The fourth-order valence-corrected chi connectivity index (χ4v) is 1.54. The van der Waals surface area contributed by atoms with Crippen molar-refractivity contribution in [3.05, 3.63) is 16.3 Å². The van der Waals surface area contributed by atoms with Crippen LogP contribution in [0, 0.1) is 12.3 Å². The highest BCUT2D eigenvalue weighted by molar-refractivity contribution is 7.08. The summed E-state index contributed by atoms with van der Waals surface area (Å²) in [5.74, 6) is 3.45. The number of unbranched alkanes of at least 4 members (excludes halogenated alkanes) is 1. The largest absolute Gasteiger partial charge is 0.491 e. The zero-order valence-corrected chi connectivity index (χ0v) is 7.99. The maximum absolute atomic E-state index is 5.48. The molecule has 1 rings (SSSR count). The van der Waals surface area contributed by atoms with Gasteiger partial charge < -0.3 is 4.74 Å². The summed E-state index contributed by atoms with van der Waals surface area (Å²) in [5.41, 5.74) is 0.871. The van der Waals surface area contributed by atoms with Gasteiger partial charge in [0, 0.05) is 10.8 Å². The first-order valence-electron chi connectivity index (χ1n) is 4.04. The van der Waals surface area contributed by atoms with Gasteiger partial charge in [-0.25, -0.2) is 0 Å². The molecule has 0 radical (unpaired) electrons. The van der Waals surface area contributed by atoms with Gasteiger partial charge in [-0.2, -0.15) is 0 Å². The molecule has 0 amide bonds. The molecule has 64 valence electrons. The van der Waals surface area contributed by atoms with Gasteiger partial charge in [0.15, 0.2) is 0 Å². The first-order chi connectivity index (χ1) is 5.88. The summed E-state index contributed by atoms with van der Waals surface area (Å²) in [6.07, 6.45) is 7.51. The Morgan fingerprint density at radius 2 is 2.42 bits per heavy atom. The fraction of sp³-hybridized carbons (Fsp3) is 0.400. The zero-order chi connectivity index (χ0) is 8.81. The van der Waals surface area contributed by atoms with Crippen molar-refractivity contribution in [2.75, 3.05) is 6.61 Å². The summed E-state index contributed by atoms with van der Waals surface area (Å²) >= 11 is 1.58. The van der Waals surface area contributed by atoms with Crippen molar-refractivity contribution in [3.8, 4) is 18.1 Å². The quantitative estimate of drug-likeness (QED) is 0.511. The molecule has 1 nitrogen and oxygen atoms in total. The second kappa shape index (κ2) is 4.84. The Balaban J connectivity index is 2.46. The van der Waals surface area contributed by atoms with Crippen LogP contribution in [0.5, 0.6) is 5.75 Å². The molecule has 1 aromatic rings. The topological polar surface area (TPSA) is 9.23 Å². The Morgan fingerprint density at radius 1 is 1.58 bits per heavy atom. The van der Waals surface area contributed by atoms with Crippen LogP contribution in [0.15, 0.2) is 10.8 Å². The van der Waals surface area contributed by atoms with Crippen LogP contribution in [-0.4, -0.2) is 6.61 Å². The lowest BCUT2D eigenvalue weighted by Gasteiger charge is -2.02. The lowest BCUT2D eigenvalue weighted by molar-refractivity contribution is 0.310. The molecule has 1 aromatic heterocycles. The molecule has 1 heterocycles. The van der Waals surface area contributed by atoms with Crippen molar-refractivity contribution in [3.63, 3.8) is 0 Å². The summed E-state index contributed by atoms with van der Waals surface area (Å²) in [7, 11) is 0. The normalized spacial score (nSPS) is 9.33. The SMILES string of the molecule is C#Cc1cscc1OCCCC. The lowest BCUT2D eigenvalue weighted by Crippen LogP contribution is -1.96. The van der Waals surface area contributed by atoms with Crippen molar-refractivity contribution in [1.82, 2.24) is 0 Å². The van der Waals surface area contributed by atoms with Gasteiger partial charge in [0.05, 0.1) is 12.2 Å². The Hall–Kier alpha value is -0.940. The maximum atomic E-state index is 5.48. The molecule has 0 fully saturated rings. The Morgan fingerprint density at radius 3 is 3.08 bits per heavy atom. The Bertz CT molecular complexity index is 270. The van der Waals surface area contributed by atoms with Crippen LogP contribution >= 0.6 is 11.3 Å². The number of rotatable bonds is 4. The summed E-state index contributed by atoms with van der Waals surface area (Å²) < 4.78 is 5.48. The molecule has 0 aliphatic rings. The van der Waals surface area contributed by atoms with Crippen LogP contribution in [0.2, 0.25) is 0 Å². The van der Waals surface area contributed by atoms with Gasteiger partial charge in [0.25, 0.3) is 0 Å². The molecule has 0 bridgehead atoms. The molecular weight excluding hydrogens is 168 g/mol. The van der Waals surface area contributed by atoms with E-state index >= 15 is 0 Å². The van der Waals surface area contributed by atoms with Gasteiger partial charge in [-0.15, -0.1) is 17.8 Å². The smallest absolute Gasteiger partial charge is 0.145 e. The molecule has 0 aromatic carbocycles. The third-order valence-electron chi connectivity index (χ3n) is 1.54. The van der Waals surface area contributed by atoms with E-state index in [1.165, 1.54) is 0 Å². The van der Waals surface area contributed by atoms with Crippen LogP contribution < -0.4 is 4.74 Å². The first-order valence-corrected chi connectivity index (χ1v) is 4.98. The van der Waals surface area contributed by atoms with Gasteiger partial charge in [0.2, 0.25) is 0 Å². The zero-order valence-electron chi connectivity index (χ0n) is 7.17. The molecule has 0 saturated heterocycles. The van der Waals surface area contributed by atoms with E-state index in [9.17, 15) is 0 Å². The average molecular weight is 180 g/mol. The molecule has 12 heavy (non-hydrogen) atoms. The van der Waals surface area contributed by atoms with Crippen molar-refractivity contribution < 1.29 is 4.74 Å². The van der Waals surface area contributed by atoms with E-state index in [1.54, 1.807) is 11.3 Å². The summed E-state index contributed by atoms with van der Waals surface area (Å²) in [6.45, 7) is 2.90. The molecule has 0 unspecified atom stereocenters. The highest BCUT2D eigenvalue weighted by atomic mass is 32.1. The third kappa shape index (κ3) is 2.28. The Kier molecular flexibility index (Phi) is 3.69. The summed E-state index contributed by atoms with van der Waals surface area (Å²) in [6, 6.07) is 0. The number of hydrogen-bond donors (Lipinski definition) is 0. The molecule has 0 saturated carbocycles. The number of hydrogen-bond acceptors (Lipinski definition) is 2. The molecule has 0 N–H and O–H groups in total. The van der Waals surface area contributed by atoms with Crippen LogP contribution in [0.4, 0.5) is 0 Å². The fourth-order valence-electron chi connectivity index (χ4n) is 0.829. The number of thiophene rings is 1. The second-order valence-electron chi connectivity index (χ2n) is 2.50. The Labute approximate surface area is 77.4 Å². The van der Waals surface area contributed by atoms with Gasteiger partial charge in [-0.3, -0.25) is 0 Å². The van der Waals surface area contributed by atoms with Crippen molar-refractivity contribution >= 4 is 11.3 Å². The van der Waals surface area contributed by atoms with E-state index in [1.807, 2.05) is 10.8 Å². The maximum Gasteiger partial charge on any atom is 0.145 e. The molecule has 0 spiro atoms. The van der Waals surface area contributed by atoms with Gasteiger partial charge in [0.1, 0.15) is 5.75 Å². The van der Waals surface area contributed by atoms with Gasteiger partial charge in [-0.1, -0.05) is 19.3 Å². The monoisotopic (exact) mass is 180 g/mol. The predicted octanol–water partition coefficient (Wildman–Crippen LogP) is 2.91. The summed E-state index contributed by atoms with van der Waals surface area (Å²) in [5, 5.41) is 3.88. The van der Waals surface area contributed by atoms with Crippen molar-refractivity contribution in [1.29, 1.82) is 0 Å². The van der Waals surface area contributed by atoms with E-state index in [4.69, 9.17) is 11.2 Å². The molecule has 0 aliphatic heterocycles. The minimum Gasteiger partial charge on any atom is -0.491 e. The van der Waals surface area contributed by atoms with Crippen LogP contribution in [0.1, 0.15) is 25.3 Å². The standard InChI is InChI=1S/C10H12OS/c1-3-5-6-11-10-8-12-7-9(10)4-2/h2,7-8H,3,5-6H2,1H3. The molecular formula is C10H12OS. The van der Waals surface area contributed by atoms with E-state index < -0.39 is 0 Å². The third-order valence-corrected chi connectivity index (χ3v) is 2.26. The predicted molar refractivity (Wildman–Crippen MR) is 52.7 cm³/mol.